The van der Waals surface area contributed by atoms with E-state index in [0.717, 1.165) is 16.0 Å². The number of hydrogen-bond acceptors (Lipinski definition) is 3. The van der Waals surface area contributed by atoms with E-state index in [1.807, 2.05) is 6.92 Å². The molecule has 1 N–H and O–H groups in total. The standard InChI is InChI=1S/C12H12F2N2S/c1-7-16-6-11(17-7)12(15-2)8-3-4-9(13)10(14)5-8/h3-6,12,15H,1-2H3. The molecule has 90 valence electrons. The maximum atomic E-state index is 13.2. The Bertz CT molecular complexity index is 525. The summed E-state index contributed by atoms with van der Waals surface area (Å²) in [6.07, 6.45) is 1.75. The lowest BCUT2D eigenvalue weighted by molar-refractivity contribution is 0.505. The Hall–Kier alpha value is -1.33. The van der Waals surface area contributed by atoms with Gasteiger partial charge in [0.15, 0.2) is 11.6 Å². The molecule has 1 aromatic heterocycles. The summed E-state index contributed by atoms with van der Waals surface area (Å²) in [7, 11) is 1.78. The van der Waals surface area contributed by atoms with E-state index >= 15 is 0 Å². The van der Waals surface area contributed by atoms with Crippen LogP contribution in [0, 0.1) is 18.6 Å². The highest BCUT2D eigenvalue weighted by Gasteiger charge is 2.16. The predicted molar refractivity (Wildman–Crippen MR) is 64.1 cm³/mol. The third-order valence-corrected chi connectivity index (χ3v) is 3.47. The van der Waals surface area contributed by atoms with Crippen molar-refractivity contribution in [1.82, 2.24) is 10.3 Å². The van der Waals surface area contributed by atoms with Gasteiger partial charge >= 0.3 is 0 Å². The quantitative estimate of drug-likeness (QED) is 0.910. The molecule has 2 rings (SSSR count). The van der Waals surface area contributed by atoms with E-state index in [0.29, 0.717) is 5.56 Å². The second kappa shape index (κ2) is 4.89. The van der Waals surface area contributed by atoms with Gasteiger partial charge in [-0.3, -0.25) is 0 Å². The molecule has 1 atom stereocenters. The van der Waals surface area contributed by atoms with Crippen LogP contribution in [0.15, 0.2) is 24.4 Å². The monoisotopic (exact) mass is 254 g/mol. The Morgan fingerprint density at radius 2 is 2.06 bits per heavy atom. The van der Waals surface area contributed by atoms with Crippen molar-refractivity contribution in [3.8, 4) is 0 Å². The molecule has 1 heterocycles. The Labute approximate surface area is 102 Å². The molecule has 0 saturated heterocycles. The molecule has 1 unspecified atom stereocenters. The molecule has 2 nitrogen and oxygen atoms in total. The smallest absolute Gasteiger partial charge is 0.159 e. The third kappa shape index (κ3) is 2.50. The average molecular weight is 254 g/mol. The van der Waals surface area contributed by atoms with Crippen molar-refractivity contribution in [3.05, 3.63) is 51.5 Å². The van der Waals surface area contributed by atoms with E-state index in [1.165, 1.54) is 17.4 Å². The van der Waals surface area contributed by atoms with Gasteiger partial charge in [-0.05, 0) is 31.7 Å². The van der Waals surface area contributed by atoms with Crippen molar-refractivity contribution in [2.45, 2.75) is 13.0 Å². The fourth-order valence-corrected chi connectivity index (χ4v) is 2.60. The first kappa shape index (κ1) is 12.1. The van der Waals surface area contributed by atoms with Gasteiger partial charge in [0.05, 0.1) is 11.0 Å². The van der Waals surface area contributed by atoms with Crippen LogP contribution in [0.2, 0.25) is 0 Å². The summed E-state index contributed by atoms with van der Waals surface area (Å²) in [6.45, 7) is 1.91. The second-order valence-electron chi connectivity index (χ2n) is 3.68. The minimum Gasteiger partial charge on any atom is -0.309 e. The maximum Gasteiger partial charge on any atom is 0.159 e. The van der Waals surface area contributed by atoms with E-state index < -0.39 is 11.6 Å². The number of benzene rings is 1. The van der Waals surface area contributed by atoms with Gasteiger partial charge in [0.2, 0.25) is 0 Å². The van der Waals surface area contributed by atoms with E-state index in [4.69, 9.17) is 0 Å². The summed E-state index contributed by atoms with van der Waals surface area (Å²) in [5.74, 6) is -1.66. The van der Waals surface area contributed by atoms with Gasteiger partial charge in [-0.15, -0.1) is 11.3 Å². The molecule has 0 radical (unpaired) electrons. The summed E-state index contributed by atoms with van der Waals surface area (Å²) < 4.78 is 26.0. The lowest BCUT2D eigenvalue weighted by atomic mass is 10.1. The van der Waals surface area contributed by atoms with Crippen LogP contribution >= 0.6 is 11.3 Å². The van der Waals surface area contributed by atoms with E-state index in [-0.39, 0.29) is 6.04 Å². The molecule has 0 amide bonds. The molecule has 0 aliphatic rings. The molecule has 5 heteroatoms. The van der Waals surface area contributed by atoms with Crippen LogP contribution in [-0.2, 0) is 0 Å². The van der Waals surface area contributed by atoms with Gasteiger partial charge < -0.3 is 5.32 Å². The number of rotatable bonds is 3. The molecule has 0 saturated carbocycles. The van der Waals surface area contributed by atoms with Crippen molar-refractivity contribution >= 4 is 11.3 Å². The van der Waals surface area contributed by atoms with Crippen LogP contribution in [0.4, 0.5) is 8.78 Å². The topological polar surface area (TPSA) is 24.9 Å². The van der Waals surface area contributed by atoms with Crippen molar-refractivity contribution in [2.75, 3.05) is 7.05 Å². The molecule has 0 spiro atoms. The highest BCUT2D eigenvalue weighted by atomic mass is 32.1. The number of nitrogens with zero attached hydrogens (tertiary/aromatic N) is 1. The summed E-state index contributed by atoms with van der Waals surface area (Å²) in [5.41, 5.74) is 0.690. The highest BCUT2D eigenvalue weighted by Crippen LogP contribution is 2.27. The van der Waals surface area contributed by atoms with Crippen molar-refractivity contribution in [1.29, 1.82) is 0 Å². The zero-order chi connectivity index (χ0) is 12.4. The van der Waals surface area contributed by atoms with Crippen LogP contribution in [0.1, 0.15) is 21.5 Å². The largest absolute Gasteiger partial charge is 0.309 e. The van der Waals surface area contributed by atoms with Crippen LogP contribution in [0.3, 0.4) is 0 Å². The van der Waals surface area contributed by atoms with Crippen molar-refractivity contribution < 1.29 is 8.78 Å². The Kier molecular flexibility index (Phi) is 3.49. The van der Waals surface area contributed by atoms with Crippen LogP contribution < -0.4 is 5.32 Å². The molecule has 0 aliphatic heterocycles. The number of nitrogens with one attached hydrogen (secondary N) is 1. The fourth-order valence-electron chi connectivity index (χ4n) is 1.68. The average Bonchev–Trinajstić information content (AvgIpc) is 2.71. The van der Waals surface area contributed by atoms with E-state index in [2.05, 4.69) is 10.3 Å². The minimum atomic E-state index is -0.830. The number of hydrogen-bond donors (Lipinski definition) is 1. The predicted octanol–water partition coefficient (Wildman–Crippen LogP) is 3.04. The van der Waals surface area contributed by atoms with Crippen LogP contribution in [0.5, 0.6) is 0 Å². The van der Waals surface area contributed by atoms with E-state index in [9.17, 15) is 8.78 Å². The summed E-state index contributed by atoms with van der Waals surface area (Å²) in [5, 5.41) is 4.02. The number of aromatic nitrogens is 1. The normalized spacial score (nSPS) is 12.7. The summed E-state index contributed by atoms with van der Waals surface area (Å²) in [4.78, 5) is 5.14. The van der Waals surface area contributed by atoms with E-state index in [1.54, 1.807) is 19.3 Å². The molecular weight excluding hydrogens is 242 g/mol. The molecule has 17 heavy (non-hydrogen) atoms. The number of halogens is 2. The van der Waals surface area contributed by atoms with Gasteiger partial charge in [0.25, 0.3) is 0 Å². The minimum absolute atomic E-state index is 0.156. The first-order valence-electron chi connectivity index (χ1n) is 5.16. The van der Waals surface area contributed by atoms with Crippen molar-refractivity contribution in [3.63, 3.8) is 0 Å². The molecule has 1 aromatic carbocycles. The molecule has 0 bridgehead atoms. The number of thiazole rings is 1. The van der Waals surface area contributed by atoms with Gasteiger partial charge in [-0.25, -0.2) is 13.8 Å². The SMILES string of the molecule is CNC(c1ccc(F)c(F)c1)c1cnc(C)s1. The Balaban J connectivity index is 2.38. The molecule has 0 fully saturated rings. The second-order valence-corrected chi connectivity index (χ2v) is 4.94. The Morgan fingerprint density at radius 1 is 1.29 bits per heavy atom. The highest BCUT2D eigenvalue weighted by molar-refractivity contribution is 7.11. The maximum absolute atomic E-state index is 13.2. The molecular formula is C12H12F2N2S. The van der Waals surface area contributed by atoms with Gasteiger partial charge in [0.1, 0.15) is 0 Å². The van der Waals surface area contributed by atoms with Crippen LogP contribution in [-0.4, -0.2) is 12.0 Å². The molecule has 2 aromatic rings. The van der Waals surface area contributed by atoms with Crippen molar-refractivity contribution in [2.24, 2.45) is 0 Å². The zero-order valence-corrected chi connectivity index (χ0v) is 10.3. The van der Waals surface area contributed by atoms with Gasteiger partial charge in [0, 0.05) is 11.1 Å². The van der Waals surface area contributed by atoms with Gasteiger partial charge in [-0.1, -0.05) is 6.07 Å². The third-order valence-electron chi connectivity index (χ3n) is 2.49. The first-order chi connectivity index (χ1) is 8.11. The fraction of sp³-hybridized carbons (Fsp3) is 0.250. The Morgan fingerprint density at radius 3 is 2.59 bits per heavy atom. The lowest BCUT2D eigenvalue weighted by Gasteiger charge is -2.14. The first-order valence-corrected chi connectivity index (χ1v) is 5.98. The zero-order valence-electron chi connectivity index (χ0n) is 9.50. The summed E-state index contributed by atoms with van der Waals surface area (Å²) >= 11 is 1.54. The summed E-state index contributed by atoms with van der Waals surface area (Å²) in [6, 6.07) is 3.78. The van der Waals surface area contributed by atoms with Gasteiger partial charge in [-0.2, -0.15) is 0 Å². The number of aryl methyl sites for hydroxylation is 1. The van der Waals surface area contributed by atoms with Crippen LogP contribution in [0.25, 0.3) is 0 Å². The lowest BCUT2D eigenvalue weighted by Crippen LogP contribution is -2.16. The molecule has 0 aliphatic carbocycles.